The second-order valence-corrected chi connectivity index (χ2v) is 4.13. The maximum absolute atomic E-state index is 10.7. The molecule has 0 spiro atoms. The van der Waals surface area contributed by atoms with Crippen molar-refractivity contribution in [1.29, 1.82) is 0 Å². The molecular formula is C13H18N2O4. The van der Waals surface area contributed by atoms with Crippen molar-refractivity contribution in [3.05, 3.63) is 35.9 Å². The molecule has 1 atom stereocenters. The van der Waals surface area contributed by atoms with E-state index in [2.05, 4.69) is 5.32 Å². The summed E-state index contributed by atoms with van der Waals surface area (Å²) < 4.78 is 0. The molecule has 0 saturated carbocycles. The highest BCUT2D eigenvalue weighted by atomic mass is 16.5. The van der Waals surface area contributed by atoms with Gasteiger partial charge in [-0.1, -0.05) is 30.3 Å². The number of carbonyl (C=O) groups is 2. The maximum Gasteiger partial charge on any atom is 0.330 e. The van der Waals surface area contributed by atoms with E-state index in [1.807, 2.05) is 0 Å². The topological polar surface area (TPSA) is 89.9 Å². The quantitative estimate of drug-likeness (QED) is 0.708. The highest BCUT2D eigenvalue weighted by molar-refractivity contribution is 5.78. The van der Waals surface area contributed by atoms with Crippen LogP contribution in [-0.2, 0) is 9.59 Å². The van der Waals surface area contributed by atoms with Crippen LogP contribution in [0, 0.1) is 0 Å². The summed E-state index contributed by atoms with van der Waals surface area (Å²) in [5.74, 6) is -1.07. The van der Waals surface area contributed by atoms with E-state index in [9.17, 15) is 9.59 Å². The summed E-state index contributed by atoms with van der Waals surface area (Å²) in [6.45, 7) is 1.75. The van der Waals surface area contributed by atoms with Crippen molar-refractivity contribution < 1.29 is 19.9 Å². The summed E-state index contributed by atoms with van der Waals surface area (Å²) in [6, 6.07) is 7.56. The van der Waals surface area contributed by atoms with Crippen molar-refractivity contribution in [3.63, 3.8) is 0 Å². The second-order valence-electron chi connectivity index (χ2n) is 4.13. The van der Waals surface area contributed by atoms with E-state index >= 15 is 0 Å². The first kappa shape index (κ1) is 15.1. The minimum absolute atomic E-state index is 0.381. The van der Waals surface area contributed by atoms with E-state index in [-0.39, 0.29) is 0 Å². The third-order valence-electron chi connectivity index (χ3n) is 2.70. The Bertz CT molecular complexity index is 391. The van der Waals surface area contributed by atoms with Crippen molar-refractivity contribution in [1.82, 2.24) is 10.4 Å². The fourth-order valence-electron chi connectivity index (χ4n) is 1.72. The molecular weight excluding hydrogens is 248 g/mol. The number of carboxylic acid groups (broad SMARTS) is 1. The van der Waals surface area contributed by atoms with Gasteiger partial charge in [0.05, 0.1) is 0 Å². The highest BCUT2D eigenvalue weighted by Gasteiger charge is 2.17. The van der Waals surface area contributed by atoms with Crippen molar-refractivity contribution in [2.45, 2.75) is 18.9 Å². The Balaban J connectivity index is 0.000000250. The zero-order valence-corrected chi connectivity index (χ0v) is 10.5. The smallest absolute Gasteiger partial charge is 0.330 e. The first-order chi connectivity index (χ1) is 9.15. The van der Waals surface area contributed by atoms with Crippen molar-refractivity contribution in [3.8, 4) is 0 Å². The van der Waals surface area contributed by atoms with Gasteiger partial charge in [-0.15, -0.1) is 0 Å². The number of hydrogen-bond acceptors (Lipinski definition) is 4. The number of carboxylic acids is 1. The molecule has 1 aromatic rings. The molecule has 1 fully saturated rings. The van der Waals surface area contributed by atoms with Crippen LogP contribution in [-0.4, -0.2) is 40.8 Å². The molecule has 0 radical (unpaired) electrons. The third kappa shape index (κ3) is 5.50. The van der Waals surface area contributed by atoms with Gasteiger partial charge in [0.15, 0.2) is 6.04 Å². The lowest BCUT2D eigenvalue weighted by molar-refractivity contribution is -0.140. The van der Waals surface area contributed by atoms with E-state index in [1.165, 1.54) is 5.06 Å². The predicted octanol–water partition coefficient (Wildman–Crippen LogP) is 1.03. The Morgan fingerprint density at radius 2 is 1.84 bits per heavy atom. The van der Waals surface area contributed by atoms with Crippen LogP contribution in [0.4, 0.5) is 0 Å². The summed E-state index contributed by atoms with van der Waals surface area (Å²) in [7, 11) is 0. The van der Waals surface area contributed by atoms with Gasteiger partial charge >= 0.3 is 5.97 Å². The minimum atomic E-state index is -1.07. The summed E-state index contributed by atoms with van der Waals surface area (Å²) in [5, 5.41) is 20.9. The van der Waals surface area contributed by atoms with Crippen LogP contribution >= 0.6 is 0 Å². The molecule has 1 aliphatic rings. The van der Waals surface area contributed by atoms with E-state index in [4.69, 9.17) is 10.3 Å². The molecule has 0 bridgehead atoms. The van der Waals surface area contributed by atoms with Crippen LogP contribution in [0.25, 0.3) is 0 Å². The highest BCUT2D eigenvalue weighted by Crippen LogP contribution is 2.11. The van der Waals surface area contributed by atoms with Crippen molar-refractivity contribution in [2.24, 2.45) is 0 Å². The average Bonchev–Trinajstić information content (AvgIpc) is 2.88. The molecule has 19 heavy (non-hydrogen) atoms. The summed E-state index contributed by atoms with van der Waals surface area (Å²) in [6.07, 6.45) is 2.71. The van der Waals surface area contributed by atoms with E-state index < -0.39 is 12.0 Å². The molecule has 6 heteroatoms. The molecule has 3 N–H and O–H groups in total. The summed E-state index contributed by atoms with van der Waals surface area (Å²) in [5.41, 5.74) is 0.558. The van der Waals surface area contributed by atoms with E-state index in [0.29, 0.717) is 12.0 Å². The summed E-state index contributed by atoms with van der Waals surface area (Å²) in [4.78, 5) is 20.8. The molecule has 0 aliphatic carbocycles. The Labute approximate surface area is 111 Å². The number of rotatable bonds is 4. The Morgan fingerprint density at radius 1 is 1.26 bits per heavy atom. The van der Waals surface area contributed by atoms with Crippen LogP contribution in [0.1, 0.15) is 24.4 Å². The molecule has 6 nitrogen and oxygen atoms in total. The van der Waals surface area contributed by atoms with Crippen molar-refractivity contribution >= 4 is 12.4 Å². The fourth-order valence-corrected chi connectivity index (χ4v) is 1.72. The number of carbonyl (C=O) groups excluding carboxylic acids is 1. The lowest BCUT2D eigenvalue weighted by Crippen LogP contribution is -2.27. The Morgan fingerprint density at radius 3 is 2.21 bits per heavy atom. The first-order valence-electron chi connectivity index (χ1n) is 6.06. The maximum atomic E-state index is 10.7. The van der Waals surface area contributed by atoms with Gasteiger partial charge in [0.2, 0.25) is 6.41 Å². The van der Waals surface area contributed by atoms with E-state index in [0.717, 1.165) is 25.9 Å². The monoisotopic (exact) mass is 266 g/mol. The zero-order chi connectivity index (χ0) is 14.1. The molecule has 1 aliphatic heterocycles. The molecule has 2 rings (SSSR count). The van der Waals surface area contributed by atoms with Gasteiger partial charge in [-0.2, -0.15) is 5.06 Å². The van der Waals surface area contributed by atoms with Crippen LogP contribution in [0.2, 0.25) is 0 Å². The van der Waals surface area contributed by atoms with Crippen LogP contribution in [0.5, 0.6) is 0 Å². The number of nitrogens with zero attached hydrogens (tertiary/aromatic N) is 1. The van der Waals surface area contributed by atoms with Gasteiger partial charge < -0.3 is 15.6 Å². The van der Waals surface area contributed by atoms with Gasteiger partial charge in [-0.25, -0.2) is 4.79 Å². The first-order valence-corrected chi connectivity index (χ1v) is 6.06. The second kappa shape index (κ2) is 8.23. The van der Waals surface area contributed by atoms with Crippen LogP contribution in [0.3, 0.4) is 0 Å². The number of hydroxylamine groups is 2. The van der Waals surface area contributed by atoms with Gasteiger partial charge in [0.1, 0.15) is 0 Å². The standard InChI is InChI=1S/C9H9NO3.C4H9NO/c11-6-10-8(9(12)13)7-4-2-1-3-5-7;6-5-3-1-2-4-5/h1-6,8H,(H,10,11)(H,12,13);6H,1-4H2/t8-;/m0./s1. The molecule has 0 unspecified atom stereocenters. The van der Waals surface area contributed by atoms with Gasteiger partial charge in [0, 0.05) is 13.1 Å². The molecule has 1 aromatic carbocycles. The number of nitrogens with one attached hydrogen (secondary N) is 1. The SMILES string of the molecule is O=CN[C@H](C(=O)O)c1ccccc1.ON1CCCC1. The third-order valence-corrected chi connectivity index (χ3v) is 2.70. The van der Waals surface area contributed by atoms with Gasteiger partial charge in [-0.05, 0) is 18.4 Å². The zero-order valence-electron chi connectivity index (χ0n) is 10.5. The molecule has 1 amide bonds. The number of amides is 1. The van der Waals surface area contributed by atoms with Crippen LogP contribution in [0.15, 0.2) is 30.3 Å². The number of hydrogen-bond donors (Lipinski definition) is 3. The average molecular weight is 266 g/mol. The Hall–Kier alpha value is -1.92. The minimum Gasteiger partial charge on any atom is -0.479 e. The lowest BCUT2D eigenvalue weighted by Gasteiger charge is -2.10. The van der Waals surface area contributed by atoms with E-state index in [1.54, 1.807) is 30.3 Å². The summed E-state index contributed by atoms with van der Waals surface area (Å²) >= 11 is 0. The van der Waals surface area contributed by atoms with Gasteiger partial charge in [0.25, 0.3) is 0 Å². The Kier molecular flexibility index (Phi) is 6.56. The van der Waals surface area contributed by atoms with Gasteiger partial charge in [-0.3, -0.25) is 4.79 Å². The molecule has 1 saturated heterocycles. The normalized spacial score (nSPS) is 16.1. The van der Waals surface area contributed by atoms with Crippen LogP contribution < -0.4 is 5.32 Å². The molecule has 104 valence electrons. The fraction of sp³-hybridized carbons (Fsp3) is 0.385. The number of benzene rings is 1. The predicted molar refractivity (Wildman–Crippen MR) is 68.6 cm³/mol. The lowest BCUT2D eigenvalue weighted by atomic mass is 10.1. The molecule has 0 aromatic heterocycles. The van der Waals surface area contributed by atoms with Crippen molar-refractivity contribution in [2.75, 3.05) is 13.1 Å². The largest absolute Gasteiger partial charge is 0.479 e. The molecule has 1 heterocycles. The number of aliphatic carboxylic acids is 1.